The summed E-state index contributed by atoms with van der Waals surface area (Å²) in [6, 6.07) is 13.5. The minimum absolute atomic E-state index is 0.262. The average Bonchev–Trinajstić information content (AvgIpc) is 2.89. The fourth-order valence-electron chi connectivity index (χ4n) is 1.38. The van der Waals surface area contributed by atoms with Gasteiger partial charge >= 0.3 is 0 Å². The van der Waals surface area contributed by atoms with Gasteiger partial charge in [-0.2, -0.15) is 0 Å². The molecule has 0 amide bonds. The predicted molar refractivity (Wildman–Crippen MR) is 67.7 cm³/mol. The van der Waals surface area contributed by atoms with Gasteiger partial charge in [-0.25, -0.2) is 0 Å². The van der Waals surface area contributed by atoms with Crippen molar-refractivity contribution in [2.24, 2.45) is 0 Å². The topological polar surface area (TPSA) is 42.2 Å². The smallest absolute Gasteiger partial charge is 0.147 e. The minimum atomic E-state index is -0.262. The Balaban J connectivity index is 1.87. The van der Waals surface area contributed by atoms with Crippen LogP contribution in [0.25, 0.3) is 0 Å². The number of hydrogen-bond donors (Lipinski definition) is 1. The lowest BCUT2D eigenvalue weighted by Gasteiger charge is -2.10. The molecule has 0 spiro atoms. The standard InChI is InChI=1S/C13H13NO2S/c15-10-13(14-9-11-5-4-8-16-11)17-12-6-2-1-3-7-12/h1-8,10,13-14H,9H2. The number of carbonyl (C=O) groups excluding carboxylic acids is 1. The zero-order valence-electron chi connectivity index (χ0n) is 9.21. The number of rotatable bonds is 6. The van der Waals surface area contributed by atoms with Gasteiger partial charge in [0, 0.05) is 4.90 Å². The molecule has 0 aliphatic heterocycles. The van der Waals surface area contributed by atoms with Crippen LogP contribution in [0.15, 0.2) is 58.0 Å². The highest BCUT2D eigenvalue weighted by Crippen LogP contribution is 2.20. The largest absolute Gasteiger partial charge is 0.468 e. The molecule has 17 heavy (non-hydrogen) atoms. The summed E-state index contributed by atoms with van der Waals surface area (Å²) in [4.78, 5) is 12.0. The lowest BCUT2D eigenvalue weighted by molar-refractivity contribution is -0.107. The van der Waals surface area contributed by atoms with Crippen molar-refractivity contribution in [3.63, 3.8) is 0 Å². The predicted octanol–water partition coefficient (Wildman–Crippen LogP) is 2.69. The number of furan rings is 1. The monoisotopic (exact) mass is 247 g/mol. The maximum Gasteiger partial charge on any atom is 0.147 e. The Labute approximate surface area is 104 Å². The number of aldehydes is 1. The van der Waals surface area contributed by atoms with Crippen molar-refractivity contribution < 1.29 is 9.21 Å². The first kappa shape index (κ1) is 12.0. The molecule has 0 saturated carbocycles. The SMILES string of the molecule is O=CC(NCc1ccco1)Sc1ccccc1. The Morgan fingerprint density at radius 3 is 2.71 bits per heavy atom. The molecule has 1 N–H and O–H groups in total. The van der Waals surface area contributed by atoms with Gasteiger partial charge in [-0.05, 0) is 24.3 Å². The van der Waals surface area contributed by atoms with E-state index in [9.17, 15) is 4.79 Å². The van der Waals surface area contributed by atoms with Crippen molar-refractivity contribution in [1.29, 1.82) is 0 Å². The molecule has 2 rings (SSSR count). The van der Waals surface area contributed by atoms with Crippen LogP contribution in [0.1, 0.15) is 5.76 Å². The molecule has 3 nitrogen and oxygen atoms in total. The van der Waals surface area contributed by atoms with Crippen LogP contribution in [0.2, 0.25) is 0 Å². The zero-order valence-corrected chi connectivity index (χ0v) is 10.0. The van der Waals surface area contributed by atoms with Gasteiger partial charge < -0.3 is 9.21 Å². The van der Waals surface area contributed by atoms with Crippen LogP contribution in [-0.4, -0.2) is 11.7 Å². The number of hydrogen-bond acceptors (Lipinski definition) is 4. The van der Waals surface area contributed by atoms with Crippen molar-refractivity contribution in [1.82, 2.24) is 5.32 Å². The van der Waals surface area contributed by atoms with E-state index in [1.807, 2.05) is 42.5 Å². The first-order valence-corrected chi connectivity index (χ1v) is 6.19. The van der Waals surface area contributed by atoms with Crippen LogP contribution in [0.3, 0.4) is 0 Å². The summed E-state index contributed by atoms with van der Waals surface area (Å²) in [5.41, 5.74) is 0. The van der Waals surface area contributed by atoms with Gasteiger partial charge in [0.1, 0.15) is 17.4 Å². The Hall–Kier alpha value is -1.52. The molecule has 0 radical (unpaired) electrons. The molecule has 0 bridgehead atoms. The van der Waals surface area contributed by atoms with E-state index in [-0.39, 0.29) is 5.37 Å². The third kappa shape index (κ3) is 3.76. The molecule has 88 valence electrons. The quantitative estimate of drug-likeness (QED) is 0.484. The summed E-state index contributed by atoms with van der Waals surface area (Å²) >= 11 is 1.49. The first-order chi connectivity index (χ1) is 8.38. The number of benzene rings is 1. The van der Waals surface area contributed by atoms with Crippen molar-refractivity contribution in [2.75, 3.05) is 0 Å². The number of nitrogens with one attached hydrogen (secondary N) is 1. The van der Waals surface area contributed by atoms with E-state index >= 15 is 0 Å². The van der Waals surface area contributed by atoms with E-state index in [0.29, 0.717) is 6.54 Å². The van der Waals surface area contributed by atoms with Gasteiger partial charge in [0.2, 0.25) is 0 Å². The van der Waals surface area contributed by atoms with Crippen LogP contribution in [-0.2, 0) is 11.3 Å². The molecular formula is C13H13NO2S. The second-order valence-corrected chi connectivity index (χ2v) is 4.66. The summed E-state index contributed by atoms with van der Waals surface area (Å²) < 4.78 is 5.19. The van der Waals surface area contributed by atoms with Crippen molar-refractivity contribution >= 4 is 18.0 Å². The van der Waals surface area contributed by atoms with E-state index in [1.54, 1.807) is 6.26 Å². The molecule has 1 heterocycles. The molecular weight excluding hydrogens is 234 g/mol. The zero-order chi connectivity index (χ0) is 11.9. The molecule has 0 aliphatic rings. The van der Waals surface area contributed by atoms with Crippen LogP contribution in [0.5, 0.6) is 0 Å². The van der Waals surface area contributed by atoms with Crippen LogP contribution in [0.4, 0.5) is 0 Å². The Bertz CT molecular complexity index is 442. The second-order valence-electron chi connectivity index (χ2n) is 3.45. The molecule has 0 aliphatic carbocycles. The Morgan fingerprint density at radius 1 is 1.24 bits per heavy atom. The van der Waals surface area contributed by atoms with Crippen molar-refractivity contribution in [3.8, 4) is 0 Å². The van der Waals surface area contributed by atoms with Crippen molar-refractivity contribution in [3.05, 3.63) is 54.5 Å². The molecule has 0 saturated heterocycles. The fourth-order valence-corrected chi connectivity index (χ4v) is 2.21. The summed E-state index contributed by atoms with van der Waals surface area (Å²) in [5.74, 6) is 0.825. The van der Waals surface area contributed by atoms with E-state index in [1.165, 1.54) is 11.8 Å². The molecule has 4 heteroatoms. The summed E-state index contributed by atoms with van der Waals surface area (Å²) in [7, 11) is 0. The lowest BCUT2D eigenvalue weighted by atomic mass is 10.4. The normalized spacial score (nSPS) is 12.2. The van der Waals surface area contributed by atoms with Gasteiger partial charge in [-0.15, -0.1) is 0 Å². The molecule has 2 aromatic rings. The van der Waals surface area contributed by atoms with Crippen molar-refractivity contribution in [2.45, 2.75) is 16.8 Å². The molecule has 1 aromatic carbocycles. The maximum absolute atomic E-state index is 11.0. The van der Waals surface area contributed by atoms with Crippen LogP contribution in [0, 0.1) is 0 Å². The highest BCUT2D eigenvalue weighted by atomic mass is 32.2. The Morgan fingerprint density at radius 2 is 2.06 bits per heavy atom. The molecule has 1 atom stereocenters. The maximum atomic E-state index is 11.0. The molecule has 1 aromatic heterocycles. The van der Waals surface area contributed by atoms with Crippen LogP contribution >= 0.6 is 11.8 Å². The average molecular weight is 247 g/mol. The first-order valence-electron chi connectivity index (χ1n) is 5.31. The third-order valence-corrected chi connectivity index (χ3v) is 3.26. The summed E-state index contributed by atoms with van der Waals surface area (Å²) in [5, 5.41) is 2.86. The molecule has 0 fully saturated rings. The number of thioether (sulfide) groups is 1. The Kier molecular flexibility index (Phi) is 4.41. The van der Waals surface area contributed by atoms with Gasteiger partial charge in [-0.3, -0.25) is 5.32 Å². The van der Waals surface area contributed by atoms with E-state index in [2.05, 4.69) is 5.32 Å². The second kappa shape index (κ2) is 6.27. The van der Waals surface area contributed by atoms with E-state index in [4.69, 9.17) is 4.42 Å². The highest BCUT2D eigenvalue weighted by molar-refractivity contribution is 8.00. The number of carbonyl (C=O) groups is 1. The van der Waals surface area contributed by atoms with Gasteiger partial charge in [0.25, 0.3) is 0 Å². The third-order valence-electron chi connectivity index (χ3n) is 2.19. The van der Waals surface area contributed by atoms with E-state index < -0.39 is 0 Å². The minimum Gasteiger partial charge on any atom is -0.468 e. The lowest BCUT2D eigenvalue weighted by Crippen LogP contribution is -2.26. The van der Waals surface area contributed by atoms with E-state index in [0.717, 1.165) is 16.9 Å². The van der Waals surface area contributed by atoms with Gasteiger partial charge in [0.05, 0.1) is 12.8 Å². The summed E-state index contributed by atoms with van der Waals surface area (Å²) in [6.07, 6.45) is 2.53. The van der Waals surface area contributed by atoms with Gasteiger partial charge in [-0.1, -0.05) is 30.0 Å². The van der Waals surface area contributed by atoms with Crippen LogP contribution < -0.4 is 5.32 Å². The summed E-state index contributed by atoms with van der Waals surface area (Å²) in [6.45, 7) is 0.552. The fraction of sp³-hybridized carbons (Fsp3) is 0.154. The van der Waals surface area contributed by atoms with Gasteiger partial charge in [0.15, 0.2) is 0 Å². The molecule has 1 unspecified atom stereocenters. The highest BCUT2D eigenvalue weighted by Gasteiger charge is 2.08.